The molecule has 0 saturated carbocycles. The van der Waals surface area contributed by atoms with Crippen molar-refractivity contribution in [1.82, 2.24) is 4.67 Å². The fraction of sp³-hybridized carbons (Fsp3) is 0.750. The van der Waals surface area contributed by atoms with Gasteiger partial charge < -0.3 is 0 Å². The van der Waals surface area contributed by atoms with Crippen LogP contribution in [-0.4, -0.2) is 30.1 Å². The zero-order valence-corrected chi connectivity index (χ0v) is 11.0. The van der Waals surface area contributed by atoms with Crippen LogP contribution in [0.3, 0.4) is 0 Å². The quantitative estimate of drug-likeness (QED) is 0.547. The van der Waals surface area contributed by atoms with Crippen LogP contribution in [0, 0.1) is 0 Å². The summed E-state index contributed by atoms with van der Waals surface area (Å²) in [5, 5.41) is 0. The summed E-state index contributed by atoms with van der Waals surface area (Å²) in [5.41, 5.74) is 0. The van der Waals surface area contributed by atoms with Crippen LogP contribution in [0.15, 0.2) is 11.5 Å². The summed E-state index contributed by atoms with van der Waals surface area (Å²) in [7, 11) is -7.23. The van der Waals surface area contributed by atoms with Crippen molar-refractivity contribution >= 4 is 7.83 Å². The third-order valence-electron chi connectivity index (χ3n) is 2.37. The fourth-order valence-electron chi connectivity index (χ4n) is 1.54. The Morgan fingerprint density at radius 1 is 0.850 bits per heavy atom. The van der Waals surface area contributed by atoms with Crippen LogP contribution < -0.4 is 0 Å². The summed E-state index contributed by atoms with van der Waals surface area (Å²) in [5.74, 6) is -5.70. The van der Waals surface area contributed by atoms with Crippen LogP contribution >= 0.6 is 7.83 Å². The van der Waals surface area contributed by atoms with Gasteiger partial charge in [-0.25, -0.2) is 0 Å². The molecule has 1 heterocycles. The molecule has 0 aromatic carbocycles. The van der Waals surface area contributed by atoms with E-state index in [1.165, 1.54) is 0 Å². The molecule has 0 amide bonds. The first-order valence-corrected chi connectivity index (χ1v) is 7.05. The van der Waals surface area contributed by atoms with Crippen molar-refractivity contribution in [3.8, 4) is 0 Å². The second kappa shape index (κ2) is 4.59. The molecular formula is C8H10F8NO2P. The zero-order valence-electron chi connectivity index (χ0n) is 10.1. The molecule has 0 N–H and O–H groups in total. The summed E-state index contributed by atoms with van der Waals surface area (Å²) in [6.45, 7) is 1.17. The summed E-state index contributed by atoms with van der Waals surface area (Å²) >= 11 is 0. The van der Waals surface area contributed by atoms with Gasteiger partial charge in [-0.1, -0.05) is 0 Å². The van der Waals surface area contributed by atoms with E-state index < -0.39 is 44.8 Å². The van der Waals surface area contributed by atoms with Crippen LogP contribution in [0.2, 0.25) is 0 Å². The van der Waals surface area contributed by atoms with Gasteiger partial charge in [-0.2, -0.15) is 0 Å². The van der Waals surface area contributed by atoms with E-state index in [0.29, 0.717) is 0 Å². The van der Waals surface area contributed by atoms with Gasteiger partial charge in [0.25, 0.3) is 0 Å². The van der Waals surface area contributed by atoms with E-state index in [9.17, 15) is 34.7 Å². The van der Waals surface area contributed by atoms with Crippen molar-refractivity contribution < 1.29 is 43.8 Å². The maximum atomic E-state index is 14.1. The number of allylic oxidation sites excluding steroid dienone is 2. The third-order valence-corrected chi connectivity index (χ3v) is 4.78. The predicted molar refractivity (Wildman–Crippen MR) is 53.4 cm³/mol. The van der Waals surface area contributed by atoms with Crippen molar-refractivity contribution in [3.05, 3.63) is 11.5 Å². The molecule has 0 aliphatic carbocycles. The first-order valence-electron chi connectivity index (χ1n) is 5.24. The van der Waals surface area contributed by atoms with Gasteiger partial charge in [-0.05, 0) is 0 Å². The topological polar surface area (TPSA) is 21.7 Å². The van der Waals surface area contributed by atoms with E-state index in [1.807, 2.05) is 0 Å². The van der Waals surface area contributed by atoms with Crippen molar-refractivity contribution in [1.29, 1.82) is 0 Å². The van der Waals surface area contributed by atoms with Gasteiger partial charge in [0.1, 0.15) is 0 Å². The van der Waals surface area contributed by atoms with Crippen molar-refractivity contribution in [3.63, 3.8) is 0 Å². The van der Waals surface area contributed by atoms with Gasteiger partial charge in [-0.15, -0.1) is 0 Å². The second-order valence-electron chi connectivity index (χ2n) is 3.70. The molecule has 0 radical (unpaired) electrons. The van der Waals surface area contributed by atoms with Crippen molar-refractivity contribution in [2.24, 2.45) is 0 Å². The molecule has 0 fully saturated rings. The van der Waals surface area contributed by atoms with E-state index in [4.69, 9.17) is 0 Å². The molecule has 1 rings (SSSR count). The number of hydrogen-bond donors (Lipinski definition) is 0. The minimum atomic E-state index is -7.23. The first kappa shape index (κ1) is 17.2. The molecular weight excluding hydrogens is 325 g/mol. The van der Waals surface area contributed by atoms with Crippen LogP contribution in [-0.2, 0) is 9.05 Å². The monoisotopic (exact) mass is 335 g/mol. The van der Waals surface area contributed by atoms with Crippen LogP contribution in [0.4, 0.5) is 34.7 Å². The Labute approximate surface area is 108 Å². The van der Waals surface area contributed by atoms with Gasteiger partial charge in [0.05, 0.1) is 0 Å². The van der Waals surface area contributed by atoms with E-state index >= 15 is 0 Å². The fourth-order valence-corrected chi connectivity index (χ4v) is 3.66. The Kier molecular flexibility index (Phi) is 3.95. The van der Waals surface area contributed by atoms with Gasteiger partial charge in [-0.3, -0.25) is 0 Å². The Balaban J connectivity index is 3.35. The molecule has 20 heavy (non-hydrogen) atoms. The molecule has 0 atom stereocenters. The van der Waals surface area contributed by atoms with E-state index in [1.54, 1.807) is 0 Å². The Hall–Kier alpha value is -0.830. The Morgan fingerprint density at radius 2 is 1.15 bits per heavy atom. The molecule has 0 unspecified atom stereocenters. The number of hydrogen-bond acceptors (Lipinski definition) is 3. The average Bonchev–Trinajstić information content (AvgIpc) is 2.53. The Bertz CT molecular complexity index is 395. The van der Waals surface area contributed by atoms with Gasteiger partial charge in [0.2, 0.25) is 0 Å². The van der Waals surface area contributed by atoms with Crippen molar-refractivity contribution in [2.45, 2.75) is 26.2 Å². The van der Waals surface area contributed by atoms with E-state index in [0.717, 1.165) is 13.8 Å². The molecule has 0 bridgehead atoms. The average molecular weight is 335 g/mol. The molecule has 1 aliphatic heterocycles. The zero-order chi connectivity index (χ0) is 16.0. The number of alkyl halides is 6. The first-order chi connectivity index (χ1) is 8.74. The number of rotatable bonds is 3. The van der Waals surface area contributed by atoms with Gasteiger partial charge in [0.15, 0.2) is 0 Å². The van der Waals surface area contributed by atoms with Crippen LogP contribution in [0.25, 0.3) is 0 Å². The summed E-state index contributed by atoms with van der Waals surface area (Å²) < 4.78 is 110. The number of nitrogens with zero attached hydrogens (tertiary/aromatic N) is 1. The molecule has 0 aromatic rings. The minimum absolute atomic E-state index is 0.0239. The van der Waals surface area contributed by atoms with E-state index in [2.05, 4.69) is 9.05 Å². The van der Waals surface area contributed by atoms with Gasteiger partial charge >= 0.3 is 107 Å². The second-order valence-corrected chi connectivity index (χ2v) is 6.09. The SMILES string of the molecule is CCN(CC)P1(F)(F)OC(C(F)(F)F)=C(C(F)(F)F)O1. The molecule has 0 aromatic heterocycles. The van der Waals surface area contributed by atoms with Gasteiger partial charge in [0, 0.05) is 0 Å². The Morgan fingerprint density at radius 3 is 1.35 bits per heavy atom. The maximum absolute atomic E-state index is 14.1. The summed E-state index contributed by atoms with van der Waals surface area (Å²) in [6.07, 6.45) is -11.5. The molecule has 12 heteroatoms. The standard InChI is InChI=1S/C8H10F8NO2P/c1-3-17(4-2)20(15,16)18-5(7(9,10)11)6(19-20)8(12,13)14/h3-4H2,1-2H3. The molecule has 3 nitrogen and oxygen atoms in total. The molecule has 120 valence electrons. The van der Waals surface area contributed by atoms with E-state index in [-0.39, 0.29) is 4.67 Å². The normalized spacial score (nSPS) is 24.1. The number of halogens is 8. The van der Waals surface area contributed by atoms with Crippen LogP contribution in [0.1, 0.15) is 13.8 Å². The molecule has 0 saturated heterocycles. The van der Waals surface area contributed by atoms with Crippen molar-refractivity contribution in [2.75, 3.05) is 13.1 Å². The molecule has 1 aliphatic rings. The predicted octanol–water partition coefficient (Wildman–Crippen LogP) is 4.78. The summed E-state index contributed by atoms with van der Waals surface area (Å²) in [6, 6.07) is 0. The third kappa shape index (κ3) is 2.93. The summed E-state index contributed by atoms with van der Waals surface area (Å²) in [4.78, 5) is 0. The molecule has 0 spiro atoms. The van der Waals surface area contributed by atoms with Crippen LogP contribution in [0.5, 0.6) is 0 Å².